The van der Waals surface area contributed by atoms with E-state index in [1.54, 1.807) is 19.1 Å². The second-order valence-corrected chi connectivity index (χ2v) is 3.50. The Morgan fingerprint density at radius 3 is 2.53 bits per heavy atom. The van der Waals surface area contributed by atoms with Gasteiger partial charge in [0.05, 0.1) is 7.11 Å². The minimum absolute atomic E-state index is 0.00508. The summed E-state index contributed by atoms with van der Waals surface area (Å²) in [5, 5.41) is 9.40. The largest absolute Gasteiger partial charge is 0.504 e. The SMILES string of the molecule is CC=CC(=O)OC(=O)C=Cc1ccc(O)c(OC)c1. The summed E-state index contributed by atoms with van der Waals surface area (Å²) < 4.78 is 9.39. The van der Waals surface area contributed by atoms with Crippen LogP contribution in [0.15, 0.2) is 36.4 Å². The number of phenolic OH excluding ortho intramolecular Hbond substituents is 1. The van der Waals surface area contributed by atoms with Crippen molar-refractivity contribution < 1.29 is 24.2 Å². The van der Waals surface area contributed by atoms with E-state index in [4.69, 9.17) is 4.74 Å². The van der Waals surface area contributed by atoms with Crippen LogP contribution in [0.2, 0.25) is 0 Å². The quantitative estimate of drug-likeness (QED) is 0.511. The number of ether oxygens (including phenoxy) is 2. The summed E-state index contributed by atoms with van der Waals surface area (Å²) in [5.74, 6) is -1.19. The molecule has 0 heterocycles. The maximum absolute atomic E-state index is 11.3. The summed E-state index contributed by atoms with van der Waals surface area (Å²) in [6.45, 7) is 1.64. The minimum atomic E-state index is -0.768. The lowest BCUT2D eigenvalue weighted by Crippen LogP contribution is -2.06. The number of rotatable bonds is 4. The van der Waals surface area contributed by atoms with Gasteiger partial charge in [-0.3, -0.25) is 0 Å². The van der Waals surface area contributed by atoms with E-state index in [-0.39, 0.29) is 5.75 Å². The number of carbonyl (C=O) groups excluding carboxylic acids is 2. The molecule has 0 unspecified atom stereocenters. The Kier molecular flexibility index (Phi) is 5.35. The van der Waals surface area contributed by atoms with Crippen LogP contribution in [0.1, 0.15) is 12.5 Å². The number of hydrogen-bond acceptors (Lipinski definition) is 5. The molecule has 1 N–H and O–H groups in total. The Labute approximate surface area is 110 Å². The van der Waals surface area contributed by atoms with Gasteiger partial charge < -0.3 is 14.6 Å². The normalized spacial score (nSPS) is 10.8. The fourth-order valence-electron chi connectivity index (χ4n) is 1.27. The van der Waals surface area contributed by atoms with Crippen molar-refractivity contribution in [2.24, 2.45) is 0 Å². The average molecular weight is 262 g/mol. The highest BCUT2D eigenvalue weighted by Gasteiger charge is 2.04. The van der Waals surface area contributed by atoms with Crippen molar-refractivity contribution in [1.82, 2.24) is 0 Å². The molecule has 0 aliphatic rings. The molecule has 0 saturated carbocycles. The van der Waals surface area contributed by atoms with Crippen LogP contribution in [0, 0.1) is 0 Å². The van der Waals surface area contributed by atoms with Crippen molar-refractivity contribution in [1.29, 1.82) is 0 Å². The van der Waals surface area contributed by atoms with Gasteiger partial charge in [-0.05, 0) is 30.7 Å². The lowest BCUT2D eigenvalue weighted by molar-refractivity contribution is -0.152. The van der Waals surface area contributed by atoms with Gasteiger partial charge in [0.15, 0.2) is 11.5 Å². The Morgan fingerprint density at radius 2 is 1.89 bits per heavy atom. The molecule has 100 valence electrons. The number of phenols is 1. The average Bonchev–Trinajstić information content (AvgIpc) is 2.38. The molecule has 1 rings (SSSR count). The van der Waals surface area contributed by atoms with Crippen molar-refractivity contribution in [2.45, 2.75) is 6.92 Å². The molecule has 0 aliphatic heterocycles. The standard InChI is InChI=1S/C14H14O5/c1-3-4-13(16)19-14(17)8-6-10-5-7-11(15)12(9-10)18-2/h3-9,15H,1-2H3. The van der Waals surface area contributed by atoms with Crippen molar-refractivity contribution in [3.63, 3.8) is 0 Å². The summed E-state index contributed by atoms with van der Waals surface area (Å²) in [4.78, 5) is 22.3. The molecule has 0 aliphatic carbocycles. The van der Waals surface area contributed by atoms with Crippen LogP contribution >= 0.6 is 0 Å². The van der Waals surface area contributed by atoms with Gasteiger partial charge in [0.2, 0.25) is 0 Å². The molecular formula is C14H14O5. The fourth-order valence-corrected chi connectivity index (χ4v) is 1.27. The first-order valence-electron chi connectivity index (χ1n) is 5.50. The molecule has 0 saturated heterocycles. The van der Waals surface area contributed by atoms with Crippen LogP contribution in [0.5, 0.6) is 11.5 Å². The Bertz CT molecular complexity index is 529. The van der Waals surface area contributed by atoms with Gasteiger partial charge in [-0.15, -0.1) is 0 Å². The second-order valence-electron chi connectivity index (χ2n) is 3.50. The Morgan fingerprint density at radius 1 is 1.21 bits per heavy atom. The molecule has 0 bridgehead atoms. The molecule has 0 amide bonds. The number of benzene rings is 1. The maximum Gasteiger partial charge on any atom is 0.338 e. The van der Waals surface area contributed by atoms with Gasteiger partial charge in [0.1, 0.15) is 0 Å². The number of hydrogen-bond donors (Lipinski definition) is 1. The highest BCUT2D eigenvalue weighted by Crippen LogP contribution is 2.26. The van der Waals surface area contributed by atoms with E-state index in [1.807, 2.05) is 0 Å². The number of allylic oxidation sites excluding steroid dienone is 1. The van der Waals surface area contributed by atoms with Crippen molar-refractivity contribution in [2.75, 3.05) is 7.11 Å². The molecule has 0 spiro atoms. The summed E-state index contributed by atoms with van der Waals surface area (Å²) in [5.41, 5.74) is 0.630. The third-order valence-corrected chi connectivity index (χ3v) is 2.12. The number of aromatic hydroxyl groups is 1. The van der Waals surface area contributed by atoms with Crippen LogP contribution in [0.25, 0.3) is 6.08 Å². The highest BCUT2D eigenvalue weighted by molar-refractivity contribution is 5.98. The van der Waals surface area contributed by atoms with E-state index in [0.717, 1.165) is 12.2 Å². The summed E-state index contributed by atoms with van der Waals surface area (Å²) in [6.07, 6.45) is 5.19. The molecule has 19 heavy (non-hydrogen) atoms. The molecule has 5 heteroatoms. The molecule has 5 nitrogen and oxygen atoms in total. The van der Waals surface area contributed by atoms with Gasteiger partial charge in [-0.2, -0.15) is 0 Å². The maximum atomic E-state index is 11.3. The molecule has 0 atom stereocenters. The van der Waals surface area contributed by atoms with Crippen molar-refractivity contribution >= 4 is 18.0 Å². The van der Waals surface area contributed by atoms with Gasteiger partial charge in [0.25, 0.3) is 0 Å². The van der Waals surface area contributed by atoms with Crippen LogP contribution in [0.3, 0.4) is 0 Å². The smallest absolute Gasteiger partial charge is 0.338 e. The molecule has 0 radical (unpaired) electrons. The zero-order valence-corrected chi connectivity index (χ0v) is 10.6. The first kappa shape index (κ1) is 14.5. The Balaban J connectivity index is 2.71. The molecule has 1 aromatic rings. The van der Waals surface area contributed by atoms with Gasteiger partial charge in [-0.1, -0.05) is 12.1 Å². The molecular weight excluding hydrogens is 248 g/mol. The van der Waals surface area contributed by atoms with E-state index in [2.05, 4.69) is 4.74 Å². The zero-order valence-electron chi connectivity index (χ0n) is 10.6. The van der Waals surface area contributed by atoms with Gasteiger partial charge in [0, 0.05) is 12.2 Å². The zero-order chi connectivity index (χ0) is 14.3. The van der Waals surface area contributed by atoms with E-state index in [0.29, 0.717) is 11.3 Å². The van der Waals surface area contributed by atoms with Crippen LogP contribution in [-0.4, -0.2) is 24.2 Å². The third-order valence-electron chi connectivity index (χ3n) is 2.12. The van der Waals surface area contributed by atoms with Gasteiger partial charge in [-0.25, -0.2) is 9.59 Å². The molecule has 0 fully saturated rings. The van der Waals surface area contributed by atoms with Crippen LogP contribution < -0.4 is 4.74 Å². The molecule has 1 aromatic carbocycles. The molecule has 0 aromatic heterocycles. The highest BCUT2D eigenvalue weighted by atomic mass is 16.6. The van der Waals surface area contributed by atoms with Gasteiger partial charge >= 0.3 is 11.9 Å². The number of carbonyl (C=O) groups is 2. The third kappa shape index (κ3) is 4.67. The lowest BCUT2D eigenvalue weighted by Gasteiger charge is -2.03. The fraction of sp³-hybridized carbons (Fsp3) is 0.143. The number of methoxy groups -OCH3 is 1. The van der Waals surface area contributed by atoms with E-state index in [9.17, 15) is 14.7 Å². The monoisotopic (exact) mass is 262 g/mol. The van der Waals surface area contributed by atoms with E-state index in [1.165, 1.54) is 25.3 Å². The summed E-state index contributed by atoms with van der Waals surface area (Å²) in [7, 11) is 1.42. The van der Waals surface area contributed by atoms with Crippen LogP contribution in [-0.2, 0) is 14.3 Å². The topological polar surface area (TPSA) is 72.8 Å². The lowest BCUT2D eigenvalue weighted by atomic mass is 10.2. The minimum Gasteiger partial charge on any atom is -0.504 e. The Hall–Kier alpha value is -2.56. The van der Waals surface area contributed by atoms with E-state index >= 15 is 0 Å². The van der Waals surface area contributed by atoms with Crippen molar-refractivity contribution in [3.05, 3.63) is 42.0 Å². The van der Waals surface area contributed by atoms with E-state index < -0.39 is 11.9 Å². The first-order chi connectivity index (χ1) is 9.06. The predicted octanol–water partition coefficient (Wildman–Crippen LogP) is 2.06. The predicted molar refractivity (Wildman–Crippen MR) is 69.6 cm³/mol. The second kappa shape index (κ2) is 7.00. The first-order valence-corrected chi connectivity index (χ1v) is 5.50. The van der Waals surface area contributed by atoms with Crippen molar-refractivity contribution in [3.8, 4) is 11.5 Å². The van der Waals surface area contributed by atoms with Crippen LogP contribution in [0.4, 0.5) is 0 Å². The summed E-state index contributed by atoms with van der Waals surface area (Å²) >= 11 is 0. The summed E-state index contributed by atoms with van der Waals surface area (Å²) in [6, 6.07) is 4.58. The number of esters is 2.